The maximum Gasteiger partial charge on any atom is 0.0872 e. The van der Waals surface area contributed by atoms with Crippen LogP contribution >= 0.6 is 0 Å². The molecule has 0 aromatic heterocycles. The third kappa shape index (κ3) is 6.05. The zero-order chi connectivity index (χ0) is 12.8. The fraction of sp³-hybridized carbons (Fsp3) is 0.538. The van der Waals surface area contributed by atoms with Crippen LogP contribution in [0.1, 0.15) is 27.7 Å². The Hall–Kier alpha value is -0.643. The van der Waals surface area contributed by atoms with Crippen molar-refractivity contribution < 1.29 is 10.2 Å². The van der Waals surface area contributed by atoms with Crippen LogP contribution in [0.5, 0.6) is 0 Å². The molecule has 0 aliphatic heterocycles. The Kier molecular flexibility index (Phi) is 5.93. The van der Waals surface area contributed by atoms with Crippen molar-refractivity contribution in [3.63, 3.8) is 0 Å². The summed E-state index contributed by atoms with van der Waals surface area (Å²) in [6.45, 7) is 8.61. The number of hydrogen-bond acceptors (Lipinski definition) is 2. The number of benzene rings is 1. The quantitative estimate of drug-likeness (QED) is 0.759. The molecule has 16 heavy (non-hydrogen) atoms. The summed E-state index contributed by atoms with van der Waals surface area (Å²) in [5, 5.41) is 19.8. The van der Waals surface area contributed by atoms with Gasteiger partial charge in [-0.1, -0.05) is 42.1 Å². The van der Waals surface area contributed by atoms with Crippen LogP contribution in [-0.2, 0) is 0 Å². The zero-order valence-electron chi connectivity index (χ0n) is 11.0. The van der Waals surface area contributed by atoms with Crippen molar-refractivity contribution >= 4 is 14.7 Å². The van der Waals surface area contributed by atoms with Crippen molar-refractivity contribution in [1.82, 2.24) is 0 Å². The van der Waals surface area contributed by atoms with E-state index in [9.17, 15) is 0 Å². The van der Waals surface area contributed by atoms with Crippen LogP contribution in [0.25, 0.3) is 0 Å². The smallest absolute Gasteiger partial charge is 0.0872 e. The van der Waals surface area contributed by atoms with Crippen LogP contribution < -0.4 is 5.19 Å². The van der Waals surface area contributed by atoms with Crippen LogP contribution in [0.4, 0.5) is 0 Å². The first-order valence-electron chi connectivity index (χ1n) is 5.67. The third-order valence-corrected chi connectivity index (χ3v) is 4.04. The average molecular weight is 240 g/mol. The number of aliphatic hydroxyl groups is 2. The Morgan fingerprint density at radius 2 is 1.25 bits per heavy atom. The normalized spacial score (nSPS) is 12.4. The first-order valence-corrected chi connectivity index (χ1v) is 7.79. The lowest BCUT2D eigenvalue weighted by Crippen LogP contribution is -2.44. The molecular formula is C13H24O2Si. The van der Waals surface area contributed by atoms with E-state index in [-0.39, 0.29) is 9.52 Å². The van der Waals surface area contributed by atoms with Crippen LogP contribution in [0.2, 0.25) is 6.55 Å². The van der Waals surface area contributed by atoms with E-state index in [4.69, 9.17) is 10.2 Å². The summed E-state index contributed by atoms with van der Waals surface area (Å²) in [5.41, 5.74) is -2.01. The van der Waals surface area contributed by atoms with Gasteiger partial charge < -0.3 is 10.2 Å². The van der Waals surface area contributed by atoms with Crippen LogP contribution in [0.3, 0.4) is 0 Å². The molecular weight excluding hydrogens is 216 g/mol. The van der Waals surface area contributed by atoms with E-state index in [1.54, 1.807) is 32.9 Å². The summed E-state index contributed by atoms with van der Waals surface area (Å²) >= 11 is 0. The predicted molar refractivity (Wildman–Crippen MR) is 73.1 cm³/mol. The minimum absolute atomic E-state index is 0.0913. The highest BCUT2D eigenvalue weighted by Gasteiger charge is 2.31. The van der Waals surface area contributed by atoms with Gasteiger partial charge in [-0.2, -0.15) is 0 Å². The fourth-order valence-electron chi connectivity index (χ4n) is 0.714. The van der Waals surface area contributed by atoms with E-state index >= 15 is 0 Å². The van der Waals surface area contributed by atoms with Gasteiger partial charge in [0.05, 0.1) is 20.7 Å². The van der Waals surface area contributed by atoms with Gasteiger partial charge in [0.15, 0.2) is 0 Å². The molecule has 0 saturated carbocycles. The lowest BCUT2D eigenvalue weighted by Gasteiger charge is -2.31. The van der Waals surface area contributed by atoms with Gasteiger partial charge in [0.25, 0.3) is 0 Å². The number of hydrogen-bond donors (Lipinski definition) is 2. The Morgan fingerprint density at radius 1 is 0.875 bits per heavy atom. The average Bonchev–Trinajstić information content (AvgIpc) is 2.17. The molecule has 0 aliphatic rings. The molecule has 0 unspecified atom stereocenters. The molecule has 3 heteroatoms. The lowest BCUT2D eigenvalue weighted by atomic mass is 9.90. The Bertz CT molecular complexity index is 271. The van der Waals surface area contributed by atoms with Crippen LogP contribution in [-0.4, -0.2) is 30.9 Å². The van der Waals surface area contributed by atoms with E-state index in [1.807, 2.05) is 0 Å². The molecule has 1 aromatic carbocycles. The Morgan fingerprint density at radius 3 is 1.44 bits per heavy atom. The van der Waals surface area contributed by atoms with E-state index in [1.165, 1.54) is 0 Å². The second-order valence-electron chi connectivity index (χ2n) is 4.96. The summed E-state index contributed by atoms with van der Waals surface area (Å²) in [7, 11) is 0.0913. The standard InChI is InChI=1S/C7H10Si.C6H14O2/c1-8-7-5-3-2-4-6-7;1-5(2,7)6(3,4)8/h2-6H,8H2,1H3;7-8H,1-4H3. The van der Waals surface area contributed by atoms with Gasteiger partial charge in [0, 0.05) is 0 Å². The lowest BCUT2D eigenvalue weighted by molar-refractivity contribution is -0.107. The van der Waals surface area contributed by atoms with Crippen molar-refractivity contribution in [3.8, 4) is 0 Å². The molecule has 0 fully saturated rings. The molecule has 0 spiro atoms. The van der Waals surface area contributed by atoms with Crippen molar-refractivity contribution in [2.45, 2.75) is 45.4 Å². The second kappa shape index (κ2) is 6.18. The van der Waals surface area contributed by atoms with Gasteiger partial charge in [0.1, 0.15) is 0 Å². The van der Waals surface area contributed by atoms with Crippen LogP contribution in [0.15, 0.2) is 30.3 Å². The molecule has 2 nitrogen and oxygen atoms in total. The van der Waals surface area contributed by atoms with Gasteiger partial charge in [0.2, 0.25) is 0 Å². The SMILES string of the molecule is CC(C)(O)C(C)(C)O.C[SiH2]c1ccccc1. The minimum atomic E-state index is -1.01. The van der Waals surface area contributed by atoms with Crippen LogP contribution in [0, 0.1) is 0 Å². The highest BCUT2D eigenvalue weighted by atomic mass is 28.2. The van der Waals surface area contributed by atoms with Crippen molar-refractivity contribution in [2.24, 2.45) is 0 Å². The van der Waals surface area contributed by atoms with E-state index in [0.717, 1.165) is 0 Å². The Labute approximate surface area is 101 Å². The minimum Gasteiger partial charge on any atom is -0.387 e. The van der Waals surface area contributed by atoms with Gasteiger partial charge in [-0.05, 0) is 27.7 Å². The summed E-state index contributed by atoms with van der Waals surface area (Å²) in [6.07, 6.45) is 0. The molecule has 0 bridgehead atoms. The van der Waals surface area contributed by atoms with E-state index in [0.29, 0.717) is 0 Å². The van der Waals surface area contributed by atoms with Crippen molar-refractivity contribution in [2.75, 3.05) is 0 Å². The van der Waals surface area contributed by atoms with Gasteiger partial charge in [-0.25, -0.2) is 0 Å². The summed E-state index contributed by atoms with van der Waals surface area (Å²) in [4.78, 5) is 0. The first kappa shape index (κ1) is 15.4. The third-order valence-electron chi connectivity index (χ3n) is 2.75. The zero-order valence-corrected chi connectivity index (χ0v) is 12.4. The molecule has 0 amide bonds. The molecule has 0 heterocycles. The predicted octanol–water partition coefficient (Wildman–Crippen LogP) is 1.06. The summed E-state index contributed by atoms with van der Waals surface area (Å²) < 4.78 is 0. The summed E-state index contributed by atoms with van der Waals surface area (Å²) in [6, 6.07) is 10.7. The highest BCUT2D eigenvalue weighted by molar-refractivity contribution is 6.51. The summed E-state index contributed by atoms with van der Waals surface area (Å²) in [5.74, 6) is 0. The topological polar surface area (TPSA) is 40.5 Å². The maximum atomic E-state index is 9.10. The largest absolute Gasteiger partial charge is 0.387 e. The van der Waals surface area contributed by atoms with E-state index < -0.39 is 11.2 Å². The fourth-order valence-corrected chi connectivity index (χ4v) is 1.46. The van der Waals surface area contributed by atoms with Gasteiger partial charge >= 0.3 is 0 Å². The molecule has 0 atom stereocenters. The highest BCUT2D eigenvalue weighted by Crippen LogP contribution is 2.19. The molecule has 0 radical (unpaired) electrons. The van der Waals surface area contributed by atoms with Gasteiger partial charge in [-0.3, -0.25) is 0 Å². The molecule has 1 aromatic rings. The monoisotopic (exact) mass is 240 g/mol. The molecule has 2 N–H and O–H groups in total. The molecule has 0 aliphatic carbocycles. The van der Waals surface area contributed by atoms with E-state index in [2.05, 4.69) is 36.9 Å². The van der Waals surface area contributed by atoms with Crippen molar-refractivity contribution in [3.05, 3.63) is 30.3 Å². The Balaban J connectivity index is 0.000000281. The molecule has 92 valence electrons. The second-order valence-corrected chi connectivity index (χ2v) is 6.48. The van der Waals surface area contributed by atoms with Crippen molar-refractivity contribution in [1.29, 1.82) is 0 Å². The first-order chi connectivity index (χ1) is 7.18. The molecule has 0 saturated heterocycles. The van der Waals surface area contributed by atoms with Gasteiger partial charge in [-0.15, -0.1) is 0 Å². The molecule has 1 rings (SSSR count). The number of rotatable bonds is 2. The maximum absolute atomic E-state index is 9.10.